The number of aliphatic imine (C=N–C) groups is 1. The van der Waals surface area contributed by atoms with E-state index in [4.69, 9.17) is 26.8 Å². The van der Waals surface area contributed by atoms with Crippen molar-refractivity contribution in [3.05, 3.63) is 88.4 Å². The number of nitrogens with one attached hydrogen (secondary N) is 2. The summed E-state index contributed by atoms with van der Waals surface area (Å²) in [5, 5.41) is 7.07. The zero-order chi connectivity index (χ0) is 23.2. The highest BCUT2D eigenvalue weighted by Gasteiger charge is 2.42. The first kappa shape index (κ1) is 21.4. The highest BCUT2D eigenvalue weighted by molar-refractivity contribution is 6.29. The Hall–Kier alpha value is -3.40. The molecule has 0 aliphatic carbocycles. The van der Waals surface area contributed by atoms with Crippen molar-refractivity contribution < 1.29 is 13.9 Å². The van der Waals surface area contributed by atoms with Crippen LogP contribution in [0.3, 0.4) is 0 Å². The third-order valence-electron chi connectivity index (χ3n) is 5.78. The Labute approximate surface area is 194 Å². The fourth-order valence-corrected chi connectivity index (χ4v) is 4.28. The monoisotopic (exact) mass is 468 g/mol. The molecule has 0 amide bonds. The Balaban J connectivity index is 1.53. The third-order valence-corrected chi connectivity index (χ3v) is 5.97. The van der Waals surface area contributed by atoms with Gasteiger partial charge in [-0.05, 0) is 29.8 Å². The molecule has 1 aromatic heterocycles. The molecule has 0 bridgehead atoms. The van der Waals surface area contributed by atoms with Crippen molar-refractivity contribution in [2.75, 3.05) is 20.8 Å². The minimum absolute atomic E-state index is 0.306. The normalized spacial score (nSPS) is 23.3. The summed E-state index contributed by atoms with van der Waals surface area (Å²) < 4.78 is 26.9. The van der Waals surface area contributed by atoms with E-state index in [-0.39, 0.29) is 5.82 Å². The first-order chi connectivity index (χ1) is 15.9. The summed E-state index contributed by atoms with van der Waals surface area (Å²) in [4.78, 5) is 8.45. The summed E-state index contributed by atoms with van der Waals surface area (Å²) in [6, 6.07) is 11.8. The van der Waals surface area contributed by atoms with Crippen LogP contribution in [0.1, 0.15) is 17.2 Å². The van der Waals surface area contributed by atoms with Crippen LogP contribution in [0.4, 0.5) is 4.39 Å². The fraction of sp³-hybridized carbons (Fsp3) is 0.217. The molecule has 2 aliphatic rings. The lowest BCUT2D eigenvalue weighted by atomic mass is 9.98. The second kappa shape index (κ2) is 8.18. The Morgan fingerprint density at radius 1 is 1.27 bits per heavy atom. The molecular formula is C23H22ClFN6O2. The zero-order valence-corrected chi connectivity index (χ0v) is 18.7. The molecule has 2 aliphatic heterocycles. The van der Waals surface area contributed by atoms with Gasteiger partial charge in [-0.25, -0.2) is 9.37 Å². The van der Waals surface area contributed by atoms with Crippen molar-refractivity contribution in [1.82, 2.24) is 20.2 Å². The number of hydrogen-bond donors (Lipinski definition) is 3. The maximum absolute atomic E-state index is 13.5. The van der Waals surface area contributed by atoms with Gasteiger partial charge in [0, 0.05) is 24.4 Å². The Kier molecular flexibility index (Phi) is 5.32. The molecular weight excluding hydrogens is 447 g/mol. The molecule has 170 valence electrons. The number of nitrogens with two attached hydrogens (primary N) is 1. The number of ether oxygens (including phenoxy) is 2. The molecule has 0 saturated carbocycles. The molecule has 2 aromatic carbocycles. The van der Waals surface area contributed by atoms with E-state index in [2.05, 4.69) is 20.6 Å². The van der Waals surface area contributed by atoms with Crippen LogP contribution in [0.25, 0.3) is 5.69 Å². The van der Waals surface area contributed by atoms with Crippen LogP contribution in [0, 0.1) is 5.82 Å². The smallest absolute Gasteiger partial charge is 0.190 e. The number of methoxy groups -OCH3 is 1. The number of benzene rings is 2. The minimum Gasteiger partial charge on any atom is -0.495 e. The summed E-state index contributed by atoms with van der Waals surface area (Å²) >= 11 is 5.97. The van der Waals surface area contributed by atoms with Crippen LogP contribution >= 0.6 is 11.6 Å². The van der Waals surface area contributed by atoms with Gasteiger partial charge in [0.15, 0.2) is 5.79 Å². The van der Waals surface area contributed by atoms with Crippen LogP contribution in [-0.2, 0) is 10.5 Å². The topological polar surface area (TPSA) is 98.7 Å². The lowest BCUT2D eigenvalue weighted by Crippen LogP contribution is -2.65. The summed E-state index contributed by atoms with van der Waals surface area (Å²) in [7, 11) is 3.28. The molecule has 2 atom stereocenters. The molecule has 3 heterocycles. The molecule has 0 spiro atoms. The zero-order valence-electron chi connectivity index (χ0n) is 18.0. The van der Waals surface area contributed by atoms with Gasteiger partial charge in [0.1, 0.15) is 35.0 Å². The third kappa shape index (κ3) is 3.74. The van der Waals surface area contributed by atoms with E-state index in [0.29, 0.717) is 28.9 Å². The van der Waals surface area contributed by atoms with E-state index in [1.165, 1.54) is 12.1 Å². The Morgan fingerprint density at radius 2 is 2.06 bits per heavy atom. The van der Waals surface area contributed by atoms with E-state index in [1.807, 2.05) is 18.2 Å². The average molecular weight is 469 g/mol. The van der Waals surface area contributed by atoms with Crippen LogP contribution < -0.4 is 21.1 Å². The first-order valence-electron chi connectivity index (χ1n) is 10.2. The standard InChI is InChI=1S/C23H22ClFN6O2/c1-27-22-16-11-33-21(13-3-6-15(25)7-4-13)20(16)29-23(26,30-22)14-5-8-17(18(9-14)32-2)31-10-19(24)28-12-31/h3-10,12,21,29H,11,26H2,1-2H3,(H,27,30). The summed E-state index contributed by atoms with van der Waals surface area (Å²) in [5.74, 6) is -0.291. The van der Waals surface area contributed by atoms with Crippen LogP contribution in [-0.4, -0.2) is 36.2 Å². The van der Waals surface area contributed by atoms with Crippen molar-refractivity contribution >= 4 is 17.4 Å². The summed E-state index contributed by atoms with van der Waals surface area (Å²) in [5.41, 5.74) is 10.8. The SMILES string of the molecule is CN=C1NC(N)(c2ccc(-n3cnc(Cl)c3)c(OC)c2)NC2=C1COC2c1ccc(F)cc1. The molecule has 0 saturated heterocycles. The van der Waals surface area contributed by atoms with E-state index >= 15 is 0 Å². The van der Waals surface area contributed by atoms with E-state index < -0.39 is 11.9 Å². The molecule has 10 heteroatoms. The predicted octanol–water partition coefficient (Wildman–Crippen LogP) is 2.99. The van der Waals surface area contributed by atoms with Gasteiger partial charge in [0.05, 0.1) is 25.1 Å². The predicted molar refractivity (Wildman–Crippen MR) is 123 cm³/mol. The van der Waals surface area contributed by atoms with Gasteiger partial charge < -0.3 is 24.7 Å². The number of imidazole rings is 1. The molecule has 2 unspecified atom stereocenters. The van der Waals surface area contributed by atoms with Crippen molar-refractivity contribution in [1.29, 1.82) is 0 Å². The van der Waals surface area contributed by atoms with Crippen LogP contribution in [0.15, 0.2) is 71.3 Å². The molecule has 5 rings (SSSR count). The number of hydrogen-bond acceptors (Lipinski definition) is 6. The lowest BCUT2D eigenvalue weighted by molar-refractivity contribution is 0.114. The highest BCUT2D eigenvalue weighted by Crippen LogP contribution is 2.38. The largest absolute Gasteiger partial charge is 0.495 e. The van der Waals surface area contributed by atoms with Crippen molar-refractivity contribution in [3.8, 4) is 11.4 Å². The molecule has 0 fully saturated rings. The van der Waals surface area contributed by atoms with E-state index in [1.54, 1.807) is 43.4 Å². The van der Waals surface area contributed by atoms with Gasteiger partial charge >= 0.3 is 0 Å². The molecule has 4 N–H and O–H groups in total. The van der Waals surface area contributed by atoms with Gasteiger partial charge in [0.25, 0.3) is 0 Å². The molecule has 3 aromatic rings. The maximum Gasteiger partial charge on any atom is 0.190 e. The lowest BCUT2D eigenvalue weighted by Gasteiger charge is -2.39. The quantitative estimate of drug-likeness (QED) is 0.544. The average Bonchev–Trinajstić information content (AvgIpc) is 3.44. The highest BCUT2D eigenvalue weighted by atomic mass is 35.5. The second-order valence-electron chi connectivity index (χ2n) is 7.76. The number of amidine groups is 1. The molecule has 8 nitrogen and oxygen atoms in total. The molecule has 0 radical (unpaired) electrons. The van der Waals surface area contributed by atoms with Crippen LogP contribution in [0.2, 0.25) is 5.15 Å². The van der Waals surface area contributed by atoms with Gasteiger partial charge in [-0.1, -0.05) is 29.8 Å². The van der Waals surface area contributed by atoms with Crippen molar-refractivity contribution in [2.24, 2.45) is 10.7 Å². The number of rotatable bonds is 4. The van der Waals surface area contributed by atoms with Gasteiger partial charge in [-0.2, -0.15) is 0 Å². The summed E-state index contributed by atoms with van der Waals surface area (Å²) in [6.45, 7) is 0.351. The first-order valence-corrected chi connectivity index (χ1v) is 10.6. The van der Waals surface area contributed by atoms with E-state index in [9.17, 15) is 4.39 Å². The number of halogens is 2. The fourth-order valence-electron chi connectivity index (χ4n) is 4.13. The number of nitrogens with zero attached hydrogens (tertiary/aromatic N) is 3. The van der Waals surface area contributed by atoms with E-state index in [0.717, 1.165) is 22.5 Å². The number of aromatic nitrogens is 2. The van der Waals surface area contributed by atoms with Crippen LogP contribution in [0.5, 0.6) is 5.75 Å². The van der Waals surface area contributed by atoms with Crippen molar-refractivity contribution in [3.63, 3.8) is 0 Å². The maximum atomic E-state index is 13.5. The minimum atomic E-state index is -1.20. The van der Waals surface area contributed by atoms with Gasteiger partial charge in [-0.3, -0.25) is 10.7 Å². The van der Waals surface area contributed by atoms with Gasteiger partial charge in [0.2, 0.25) is 0 Å². The van der Waals surface area contributed by atoms with Crippen molar-refractivity contribution in [2.45, 2.75) is 11.9 Å². The molecule has 33 heavy (non-hydrogen) atoms. The van der Waals surface area contributed by atoms with Gasteiger partial charge in [-0.15, -0.1) is 0 Å². The Morgan fingerprint density at radius 3 is 2.73 bits per heavy atom. The second-order valence-corrected chi connectivity index (χ2v) is 8.14. The summed E-state index contributed by atoms with van der Waals surface area (Å²) in [6.07, 6.45) is 2.88. The Bertz CT molecular complexity index is 1270.